The van der Waals surface area contributed by atoms with Crippen molar-refractivity contribution in [1.29, 1.82) is 0 Å². The molecule has 0 amide bonds. The minimum Gasteiger partial charge on any atom is -0.389 e. The van der Waals surface area contributed by atoms with Crippen molar-refractivity contribution in [3.63, 3.8) is 0 Å². The van der Waals surface area contributed by atoms with E-state index in [1.54, 1.807) is 0 Å². The van der Waals surface area contributed by atoms with Crippen LogP contribution >= 0.6 is 0 Å². The molecule has 1 heterocycles. The Labute approximate surface area is 117 Å². The monoisotopic (exact) mass is 264 g/mol. The molecule has 0 spiro atoms. The third kappa shape index (κ3) is 3.59. The van der Waals surface area contributed by atoms with Gasteiger partial charge in [0.15, 0.2) is 0 Å². The van der Waals surface area contributed by atoms with E-state index in [2.05, 4.69) is 38.9 Å². The van der Waals surface area contributed by atoms with Gasteiger partial charge in [0.05, 0.1) is 11.3 Å². The highest BCUT2D eigenvalue weighted by atomic mass is 16.3. The van der Waals surface area contributed by atoms with Crippen molar-refractivity contribution in [2.45, 2.75) is 71.4 Å². The van der Waals surface area contributed by atoms with Crippen molar-refractivity contribution >= 4 is 0 Å². The Morgan fingerprint density at radius 2 is 2.16 bits per heavy atom. The highest BCUT2D eigenvalue weighted by Gasteiger charge is 2.36. The largest absolute Gasteiger partial charge is 0.389 e. The summed E-state index contributed by atoms with van der Waals surface area (Å²) in [6, 6.07) is 2.44. The molecule has 2 atom stereocenters. The molecule has 19 heavy (non-hydrogen) atoms. The molecule has 0 saturated heterocycles. The number of hydrogen-bond donors (Lipinski definition) is 1. The molecule has 1 aliphatic rings. The molecular formula is C16H28N2O. The molecule has 1 aliphatic carbocycles. The summed E-state index contributed by atoms with van der Waals surface area (Å²) >= 11 is 0. The van der Waals surface area contributed by atoms with Crippen LogP contribution in [0.5, 0.6) is 0 Å². The number of nitrogens with zero attached hydrogens (tertiary/aromatic N) is 2. The van der Waals surface area contributed by atoms with E-state index in [-0.39, 0.29) is 0 Å². The molecule has 3 nitrogen and oxygen atoms in total. The molecule has 1 saturated carbocycles. The van der Waals surface area contributed by atoms with Gasteiger partial charge in [-0.15, -0.1) is 0 Å². The smallest absolute Gasteiger partial charge is 0.0706 e. The van der Waals surface area contributed by atoms with Gasteiger partial charge < -0.3 is 5.11 Å². The Hall–Kier alpha value is -0.830. The van der Waals surface area contributed by atoms with Gasteiger partial charge in [-0.2, -0.15) is 5.10 Å². The van der Waals surface area contributed by atoms with Gasteiger partial charge in [0.2, 0.25) is 0 Å². The fourth-order valence-corrected chi connectivity index (χ4v) is 3.21. The first-order chi connectivity index (χ1) is 8.89. The summed E-state index contributed by atoms with van der Waals surface area (Å²) in [5, 5.41) is 15.4. The summed E-state index contributed by atoms with van der Waals surface area (Å²) in [5.74, 6) is 1.32. The lowest BCUT2D eigenvalue weighted by molar-refractivity contribution is -0.0247. The van der Waals surface area contributed by atoms with Gasteiger partial charge >= 0.3 is 0 Å². The van der Waals surface area contributed by atoms with E-state index in [1.807, 2.05) is 10.9 Å². The Kier molecular flexibility index (Phi) is 4.34. The van der Waals surface area contributed by atoms with Gasteiger partial charge in [0.25, 0.3) is 0 Å². The van der Waals surface area contributed by atoms with Gasteiger partial charge in [-0.3, -0.25) is 4.68 Å². The third-order valence-corrected chi connectivity index (χ3v) is 4.50. The Balaban J connectivity index is 2.03. The second kappa shape index (κ2) is 5.66. The predicted octanol–water partition coefficient (Wildman–Crippen LogP) is 3.58. The van der Waals surface area contributed by atoms with Crippen LogP contribution in [0.15, 0.2) is 12.3 Å². The summed E-state index contributed by atoms with van der Waals surface area (Å²) in [5.41, 5.74) is 0.490. The topological polar surface area (TPSA) is 38.0 Å². The molecule has 1 aromatic heterocycles. The zero-order valence-electron chi connectivity index (χ0n) is 12.8. The molecule has 2 unspecified atom stereocenters. The SMILES string of the molecule is CC(C)C1CCCC(O)(Cc2ccn(C(C)C)n2)C1. The predicted molar refractivity (Wildman–Crippen MR) is 78.1 cm³/mol. The number of aromatic nitrogens is 2. The van der Waals surface area contributed by atoms with Crippen LogP contribution in [0, 0.1) is 11.8 Å². The van der Waals surface area contributed by atoms with E-state index in [4.69, 9.17) is 0 Å². The minimum absolute atomic E-state index is 0.387. The van der Waals surface area contributed by atoms with Gasteiger partial charge in [0, 0.05) is 18.7 Å². The van der Waals surface area contributed by atoms with Crippen LogP contribution in [-0.2, 0) is 6.42 Å². The van der Waals surface area contributed by atoms with E-state index < -0.39 is 5.60 Å². The van der Waals surface area contributed by atoms with Crippen LogP contribution in [0.1, 0.15) is 65.1 Å². The Morgan fingerprint density at radius 3 is 2.74 bits per heavy atom. The molecule has 3 heteroatoms. The number of aliphatic hydroxyl groups is 1. The lowest BCUT2D eigenvalue weighted by atomic mass is 9.72. The highest BCUT2D eigenvalue weighted by Crippen LogP contribution is 2.38. The molecule has 1 fully saturated rings. The van der Waals surface area contributed by atoms with Gasteiger partial charge in [-0.25, -0.2) is 0 Å². The average Bonchev–Trinajstić information content (AvgIpc) is 2.76. The maximum atomic E-state index is 10.8. The van der Waals surface area contributed by atoms with Crippen molar-refractivity contribution in [3.05, 3.63) is 18.0 Å². The first kappa shape index (κ1) is 14.6. The molecule has 2 rings (SSSR count). The van der Waals surface area contributed by atoms with E-state index in [0.717, 1.165) is 25.0 Å². The summed E-state index contributed by atoms with van der Waals surface area (Å²) in [6.07, 6.45) is 6.98. The first-order valence-corrected chi connectivity index (χ1v) is 7.66. The van der Waals surface area contributed by atoms with Crippen molar-refractivity contribution in [2.75, 3.05) is 0 Å². The average molecular weight is 264 g/mol. The van der Waals surface area contributed by atoms with Gasteiger partial charge in [-0.1, -0.05) is 20.3 Å². The number of rotatable bonds is 4. The van der Waals surface area contributed by atoms with Crippen LogP contribution in [0.4, 0.5) is 0 Å². The molecule has 108 valence electrons. The Morgan fingerprint density at radius 1 is 1.42 bits per heavy atom. The lowest BCUT2D eigenvalue weighted by Crippen LogP contribution is -2.39. The van der Waals surface area contributed by atoms with E-state index in [9.17, 15) is 5.11 Å². The Bertz CT molecular complexity index is 411. The number of hydrogen-bond acceptors (Lipinski definition) is 2. The standard InChI is InChI=1S/C16H28N2O/c1-12(2)14-6-5-8-16(19,10-14)11-15-7-9-18(17-15)13(3)4/h7,9,12-14,19H,5-6,8,10-11H2,1-4H3. The fraction of sp³-hybridized carbons (Fsp3) is 0.812. The van der Waals surface area contributed by atoms with Crippen LogP contribution < -0.4 is 0 Å². The van der Waals surface area contributed by atoms with Gasteiger partial charge in [-0.05, 0) is 51.0 Å². The second-order valence-electron chi connectivity index (χ2n) is 6.88. The second-order valence-corrected chi connectivity index (χ2v) is 6.88. The quantitative estimate of drug-likeness (QED) is 0.902. The molecule has 0 bridgehead atoms. The third-order valence-electron chi connectivity index (χ3n) is 4.50. The summed E-state index contributed by atoms with van der Waals surface area (Å²) in [6.45, 7) is 8.79. The van der Waals surface area contributed by atoms with Gasteiger partial charge in [0.1, 0.15) is 0 Å². The summed E-state index contributed by atoms with van der Waals surface area (Å²) in [7, 11) is 0. The van der Waals surface area contributed by atoms with Crippen molar-refractivity contribution in [2.24, 2.45) is 11.8 Å². The molecule has 0 aliphatic heterocycles. The normalized spacial score (nSPS) is 28.3. The molecule has 0 radical (unpaired) electrons. The maximum absolute atomic E-state index is 10.8. The summed E-state index contributed by atoms with van der Waals surface area (Å²) in [4.78, 5) is 0. The van der Waals surface area contributed by atoms with E-state index in [0.29, 0.717) is 24.3 Å². The first-order valence-electron chi connectivity index (χ1n) is 7.66. The van der Waals surface area contributed by atoms with Crippen LogP contribution in [0.25, 0.3) is 0 Å². The fourth-order valence-electron chi connectivity index (χ4n) is 3.21. The lowest BCUT2D eigenvalue weighted by Gasteiger charge is -2.38. The van der Waals surface area contributed by atoms with Crippen molar-refractivity contribution in [1.82, 2.24) is 9.78 Å². The van der Waals surface area contributed by atoms with Crippen LogP contribution in [-0.4, -0.2) is 20.5 Å². The molecule has 0 aromatic carbocycles. The van der Waals surface area contributed by atoms with Crippen LogP contribution in [0.2, 0.25) is 0 Å². The van der Waals surface area contributed by atoms with Crippen LogP contribution in [0.3, 0.4) is 0 Å². The maximum Gasteiger partial charge on any atom is 0.0706 e. The van der Waals surface area contributed by atoms with E-state index in [1.165, 1.54) is 6.42 Å². The summed E-state index contributed by atoms with van der Waals surface area (Å²) < 4.78 is 1.97. The molecular weight excluding hydrogens is 236 g/mol. The highest BCUT2D eigenvalue weighted by molar-refractivity contribution is 5.06. The zero-order valence-corrected chi connectivity index (χ0v) is 12.8. The zero-order chi connectivity index (χ0) is 14.0. The molecule has 1 N–H and O–H groups in total. The molecule has 1 aromatic rings. The van der Waals surface area contributed by atoms with Crippen molar-refractivity contribution < 1.29 is 5.11 Å². The van der Waals surface area contributed by atoms with E-state index >= 15 is 0 Å². The van der Waals surface area contributed by atoms with Crippen molar-refractivity contribution in [3.8, 4) is 0 Å². The minimum atomic E-state index is -0.538.